The highest BCUT2D eigenvalue weighted by Crippen LogP contribution is 2.36. The van der Waals surface area contributed by atoms with E-state index < -0.39 is 12.1 Å². The Kier molecular flexibility index (Phi) is 7.09. The molecule has 0 saturated heterocycles. The summed E-state index contributed by atoms with van der Waals surface area (Å²) in [6.07, 6.45) is 0. The number of aryl methyl sites for hydroxylation is 1. The predicted octanol–water partition coefficient (Wildman–Crippen LogP) is 3.94. The van der Waals surface area contributed by atoms with Crippen LogP contribution in [0.5, 0.6) is 11.5 Å². The Labute approximate surface area is 207 Å². The third kappa shape index (κ3) is 4.88. The van der Waals surface area contributed by atoms with Gasteiger partial charge in [0.05, 0.1) is 25.4 Å². The molecule has 1 aliphatic heterocycles. The van der Waals surface area contributed by atoms with E-state index in [0.717, 1.165) is 26.4 Å². The number of amides is 2. The highest BCUT2D eigenvalue weighted by Gasteiger charge is 2.34. The van der Waals surface area contributed by atoms with Gasteiger partial charge >= 0.3 is 0 Å². The number of carbonyl (C=O) groups is 2. The van der Waals surface area contributed by atoms with Gasteiger partial charge in [-0.3, -0.25) is 9.59 Å². The number of nitrogens with one attached hydrogen (secondary N) is 2. The van der Waals surface area contributed by atoms with Gasteiger partial charge in [-0.1, -0.05) is 28.1 Å². The van der Waals surface area contributed by atoms with Gasteiger partial charge in [0.1, 0.15) is 24.1 Å². The van der Waals surface area contributed by atoms with Crippen LogP contribution in [0.3, 0.4) is 0 Å². The van der Waals surface area contributed by atoms with Crippen LogP contribution in [0.2, 0.25) is 0 Å². The molecule has 0 fully saturated rings. The normalized spacial score (nSPS) is 16.4. The Morgan fingerprint density at radius 1 is 1.21 bits per heavy atom. The van der Waals surface area contributed by atoms with Crippen molar-refractivity contribution in [3.63, 3.8) is 0 Å². The standard InChI is InChI=1S/C26H28BrN3O4/c1-15-5-8-22-24(9-15)34-14-21(29-25(31)16(2)28-3)26(32)30(22)13-19-10-18-11-20(27)7-6-17(18)12-23(19)33-4/h5-12,16,21,28H,13-14H2,1-4H3,(H,29,31). The van der Waals surface area contributed by atoms with Crippen LogP contribution < -0.4 is 25.0 Å². The zero-order valence-corrected chi connectivity index (χ0v) is 21.2. The van der Waals surface area contributed by atoms with E-state index >= 15 is 0 Å². The van der Waals surface area contributed by atoms with E-state index in [1.807, 2.05) is 55.5 Å². The van der Waals surface area contributed by atoms with Crippen LogP contribution in [0.15, 0.2) is 53.0 Å². The minimum Gasteiger partial charge on any atom is -0.496 e. The molecular weight excluding hydrogens is 498 g/mol. The van der Waals surface area contributed by atoms with E-state index in [1.165, 1.54) is 0 Å². The molecule has 0 spiro atoms. The van der Waals surface area contributed by atoms with E-state index in [9.17, 15) is 9.59 Å². The quantitative estimate of drug-likeness (QED) is 0.509. The third-order valence-electron chi connectivity index (χ3n) is 6.05. The van der Waals surface area contributed by atoms with Gasteiger partial charge in [0.25, 0.3) is 5.91 Å². The van der Waals surface area contributed by atoms with Gasteiger partial charge in [0.15, 0.2) is 0 Å². The molecule has 2 N–H and O–H groups in total. The molecule has 0 saturated carbocycles. The van der Waals surface area contributed by atoms with Crippen molar-refractivity contribution in [2.45, 2.75) is 32.5 Å². The van der Waals surface area contributed by atoms with Gasteiger partial charge in [0.2, 0.25) is 5.91 Å². The molecule has 3 aromatic carbocycles. The number of ether oxygens (including phenoxy) is 2. The molecule has 1 heterocycles. The summed E-state index contributed by atoms with van der Waals surface area (Å²) in [4.78, 5) is 27.9. The van der Waals surface area contributed by atoms with Crippen LogP contribution in [-0.4, -0.2) is 44.7 Å². The minimum atomic E-state index is -0.823. The monoisotopic (exact) mass is 525 g/mol. The van der Waals surface area contributed by atoms with Gasteiger partial charge < -0.3 is 25.0 Å². The van der Waals surface area contributed by atoms with Crippen LogP contribution in [-0.2, 0) is 16.1 Å². The van der Waals surface area contributed by atoms with E-state index in [1.54, 1.807) is 26.0 Å². The highest BCUT2D eigenvalue weighted by atomic mass is 79.9. The maximum absolute atomic E-state index is 13.7. The topological polar surface area (TPSA) is 79.9 Å². The lowest BCUT2D eigenvalue weighted by Crippen LogP contribution is -2.53. The average molecular weight is 526 g/mol. The summed E-state index contributed by atoms with van der Waals surface area (Å²) < 4.78 is 12.6. The number of likely N-dealkylation sites (N-methyl/N-ethyl adjacent to an activating group) is 1. The maximum Gasteiger partial charge on any atom is 0.253 e. The summed E-state index contributed by atoms with van der Waals surface area (Å²) in [5.74, 6) is 0.787. The Bertz CT molecular complexity index is 1250. The van der Waals surface area contributed by atoms with Crippen molar-refractivity contribution in [1.82, 2.24) is 10.6 Å². The predicted molar refractivity (Wildman–Crippen MR) is 137 cm³/mol. The number of rotatable bonds is 6. The summed E-state index contributed by atoms with van der Waals surface area (Å²) in [5, 5.41) is 7.80. The fraction of sp³-hybridized carbons (Fsp3) is 0.308. The number of benzene rings is 3. The first-order chi connectivity index (χ1) is 16.3. The second-order valence-electron chi connectivity index (χ2n) is 8.43. The lowest BCUT2D eigenvalue weighted by atomic mass is 10.0. The van der Waals surface area contributed by atoms with Crippen molar-refractivity contribution < 1.29 is 19.1 Å². The van der Waals surface area contributed by atoms with Crippen molar-refractivity contribution >= 4 is 44.2 Å². The molecule has 0 aliphatic carbocycles. The lowest BCUT2D eigenvalue weighted by molar-refractivity contribution is -0.129. The molecule has 2 unspecified atom stereocenters. The second kappa shape index (κ2) is 10.0. The van der Waals surface area contributed by atoms with Crippen molar-refractivity contribution in [3.05, 3.63) is 64.1 Å². The molecule has 0 radical (unpaired) electrons. The van der Waals surface area contributed by atoms with E-state index in [4.69, 9.17) is 9.47 Å². The first-order valence-corrected chi connectivity index (χ1v) is 11.9. The van der Waals surface area contributed by atoms with Crippen molar-refractivity contribution in [2.24, 2.45) is 0 Å². The zero-order chi connectivity index (χ0) is 24.4. The molecule has 8 heteroatoms. The second-order valence-corrected chi connectivity index (χ2v) is 9.35. The number of hydrogen-bond acceptors (Lipinski definition) is 5. The van der Waals surface area contributed by atoms with E-state index in [-0.39, 0.29) is 25.0 Å². The van der Waals surface area contributed by atoms with Crippen LogP contribution in [0.4, 0.5) is 5.69 Å². The zero-order valence-electron chi connectivity index (χ0n) is 19.6. The van der Waals surface area contributed by atoms with Crippen LogP contribution in [0.1, 0.15) is 18.1 Å². The first-order valence-electron chi connectivity index (χ1n) is 11.1. The van der Waals surface area contributed by atoms with E-state index in [2.05, 4.69) is 26.6 Å². The van der Waals surface area contributed by atoms with Crippen molar-refractivity contribution in [1.29, 1.82) is 0 Å². The molecule has 2 amide bonds. The SMILES string of the molecule is CNC(C)C(=O)NC1COc2cc(C)ccc2N(Cc2cc3cc(Br)ccc3cc2OC)C1=O. The fourth-order valence-electron chi connectivity index (χ4n) is 3.98. The van der Waals surface area contributed by atoms with Gasteiger partial charge in [-0.25, -0.2) is 0 Å². The number of methoxy groups -OCH3 is 1. The summed E-state index contributed by atoms with van der Waals surface area (Å²) in [7, 11) is 3.32. The van der Waals surface area contributed by atoms with Gasteiger partial charge in [-0.15, -0.1) is 0 Å². The summed E-state index contributed by atoms with van der Waals surface area (Å²) in [5.41, 5.74) is 2.53. The Hall–Kier alpha value is -3.10. The van der Waals surface area contributed by atoms with Gasteiger partial charge in [-0.2, -0.15) is 0 Å². The van der Waals surface area contributed by atoms with Crippen LogP contribution in [0, 0.1) is 6.92 Å². The average Bonchev–Trinajstić information content (AvgIpc) is 2.94. The summed E-state index contributed by atoms with van der Waals surface area (Å²) in [6, 6.07) is 14.5. The van der Waals surface area contributed by atoms with Crippen molar-refractivity contribution in [2.75, 3.05) is 25.7 Å². The summed E-state index contributed by atoms with van der Waals surface area (Å²) >= 11 is 3.53. The molecule has 3 aromatic rings. The first kappa shape index (κ1) is 24.0. The minimum absolute atomic E-state index is 0.0514. The van der Waals surface area contributed by atoms with Crippen LogP contribution in [0.25, 0.3) is 10.8 Å². The molecule has 0 aromatic heterocycles. The molecular formula is C26H28BrN3O4. The molecule has 7 nitrogen and oxygen atoms in total. The third-order valence-corrected chi connectivity index (χ3v) is 6.54. The van der Waals surface area contributed by atoms with E-state index in [0.29, 0.717) is 17.2 Å². The molecule has 2 atom stereocenters. The maximum atomic E-state index is 13.7. The number of nitrogens with zero attached hydrogens (tertiary/aromatic N) is 1. The number of carbonyl (C=O) groups excluding carboxylic acids is 2. The summed E-state index contributed by atoms with van der Waals surface area (Å²) in [6.45, 7) is 4.03. The molecule has 4 rings (SSSR count). The molecule has 34 heavy (non-hydrogen) atoms. The number of hydrogen-bond donors (Lipinski definition) is 2. The number of halogens is 1. The highest BCUT2D eigenvalue weighted by molar-refractivity contribution is 9.10. The number of fused-ring (bicyclic) bond motifs is 2. The van der Waals surface area contributed by atoms with Crippen LogP contribution >= 0.6 is 15.9 Å². The Morgan fingerprint density at radius 2 is 2.00 bits per heavy atom. The molecule has 1 aliphatic rings. The number of anilines is 1. The van der Waals surface area contributed by atoms with Gasteiger partial charge in [-0.05, 0) is 73.6 Å². The molecule has 0 bridgehead atoms. The van der Waals surface area contributed by atoms with Gasteiger partial charge in [0, 0.05) is 10.0 Å². The molecule has 178 valence electrons. The largest absolute Gasteiger partial charge is 0.496 e. The lowest BCUT2D eigenvalue weighted by Gasteiger charge is -2.26. The Morgan fingerprint density at radius 3 is 2.74 bits per heavy atom. The smallest absolute Gasteiger partial charge is 0.253 e. The fourth-order valence-corrected chi connectivity index (χ4v) is 4.36. The van der Waals surface area contributed by atoms with Crippen molar-refractivity contribution in [3.8, 4) is 11.5 Å². The Balaban J connectivity index is 1.75.